The van der Waals surface area contributed by atoms with Gasteiger partial charge in [0.25, 0.3) is 0 Å². The van der Waals surface area contributed by atoms with Crippen LogP contribution < -0.4 is 0 Å². The molecule has 3 heterocycles. The molecule has 0 saturated carbocycles. The second kappa shape index (κ2) is 6.17. The van der Waals surface area contributed by atoms with E-state index in [1.165, 1.54) is 16.3 Å². The zero-order valence-corrected chi connectivity index (χ0v) is 18.0. The Morgan fingerprint density at radius 1 is 0.806 bits per heavy atom. The average Bonchev–Trinajstić information content (AvgIpc) is 3.31. The number of aromatic nitrogens is 2. The first-order valence-electron chi connectivity index (χ1n) is 10.5. The van der Waals surface area contributed by atoms with Crippen molar-refractivity contribution in [1.82, 2.24) is 9.97 Å². The van der Waals surface area contributed by atoms with Gasteiger partial charge >= 0.3 is 0 Å². The molecule has 0 aliphatic rings. The van der Waals surface area contributed by atoms with E-state index in [2.05, 4.69) is 62.2 Å². The van der Waals surface area contributed by atoms with E-state index < -0.39 is 0 Å². The van der Waals surface area contributed by atoms with Crippen molar-refractivity contribution in [2.45, 2.75) is 33.1 Å². The molecule has 0 fully saturated rings. The van der Waals surface area contributed by atoms with Gasteiger partial charge in [-0.3, -0.25) is 0 Å². The van der Waals surface area contributed by atoms with Gasteiger partial charge in [0.1, 0.15) is 23.3 Å². The van der Waals surface area contributed by atoms with Crippen molar-refractivity contribution in [3.8, 4) is 11.3 Å². The topological polar surface area (TPSA) is 52.1 Å². The summed E-state index contributed by atoms with van der Waals surface area (Å²) in [4.78, 5) is 9.16. The van der Waals surface area contributed by atoms with Gasteiger partial charge in [0.2, 0.25) is 5.71 Å². The lowest BCUT2D eigenvalue weighted by atomic mass is 9.82. The van der Waals surface area contributed by atoms with E-state index in [-0.39, 0.29) is 5.41 Å². The lowest BCUT2D eigenvalue weighted by molar-refractivity contribution is 0.578. The number of benzene rings is 3. The molecular weight excluding hydrogens is 384 g/mol. The van der Waals surface area contributed by atoms with Gasteiger partial charge in [-0.2, -0.15) is 0 Å². The van der Waals surface area contributed by atoms with Crippen molar-refractivity contribution in [3.05, 3.63) is 72.2 Å². The zero-order chi connectivity index (χ0) is 21.3. The van der Waals surface area contributed by atoms with Crippen LogP contribution in [0.3, 0.4) is 0 Å². The summed E-state index contributed by atoms with van der Waals surface area (Å²) >= 11 is 0. The number of hydrogen-bond donors (Lipinski definition) is 0. The summed E-state index contributed by atoms with van der Waals surface area (Å²) < 4.78 is 12.0. The number of aryl methyl sites for hydroxylation is 1. The van der Waals surface area contributed by atoms with Gasteiger partial charge in [0.15, 0.2) is 0 Å². The van der Waals surface area contributed by atoms with Crippen molar-refractivity contribution in [2.75, 3.05) is 0 Å². The van der Waals surface area contributed by atoms with Crippen LogP contribution >= 0.6 is 0 Å². The molecule has 31 heavy (non-hydrogen) atoms. The Balaban J connectivity index is 1.72. The lowest BCUT2D eigenvalue weighted by Gasteiger charge is -2.22. The van der Waals surface area contributed by atoms with Gasteiger partial charge in [-0.25, -0.2) is 9.97 Å². The van der Waals surface area contributed by atoms with Gasteiger partial charge in [0, 0.05) is 10.9 Å². The van der Waals surface area contributed by atoms with E-state index in [1.54, 1.807) is 6.33 Å². The molecule has 0 saturated heterocycles. The Morgan fingerprint density at radius 2 is 1.65 bits per heavy atom. The quantitative estimate of drug-likeness (QED) is 0.283. The highest BCUT2D eigenvalue weighted by atomic mass is 16.4. The third-order valence-corrected chi connectivity index (χ3v) is 6.00. The van der Waals surface area contributed by atoms with Crippen LogP contribution in [0.15, 0.2) is 69.8 Å². The molecule has 0 aliphatic carbocycles. The predicted molar refractivity (Wildman–Crippen MR) is 125 cm³/mol. The van der Waals surface area contributed by atoms with Crippen LogP contribution in [0, 0.1) is 6.92 Å². The van der Waals surface area contributed by atoms with Crippen LogP contribution in [0.5, 0.6) is 0 Å². The fraction of sp³-hybridized carbons (Fsp3) is 0.185. The van der Waals surface area contributed by atoms with Gasteiger partial charge in [0.05, 0.1) is 16.5 Å². The third-order valence-electron chi connectivity index (χ3n) is 6.00. The number of hydrogen-bond acceptors (Lipinski definition) is 4. The summed E-state index contributed by atoms with van der Waals surface area (Å²) in [6.45, 7) is 8.70. The zero-order valence-electron chi connectivity index (χ0n) is 18.0. The molecule has 0 N–H and O–H groups in total. The standard InChI is InChI=1S/C27H22N2O2/c1-15-11-20-22(30-15)10-9-19-23-24(28-14-29-26(23)31-25(19)20)17-12-16-7-5-6-8-18(16)21(13-17)27(2,3)4/h5-14H,1-4H3. The summed E-state index contributed by atoms with van der Waals surface area (Å²) in [6.07, 6.45) is 1.59. The summed E-state index contributed by atoms with van der Waals surface area (Å²) in [7, 11) is 0. The highest BCUT2D eigenvalue weighted by Crippen LogP contribution is 2.40. The van der Waals surface area contributed by atoms with Crippen molar-refractivity contribution >= 4 is 43.8 Å². The van der Waals surface area contributed by atoms with Crippen molar-refractivity contribution in [1.29, 1.82) is 0 Å². The van der Waals surface area contributed by atoms with E-state index >= 15 is 0 Å². The second-order valence-corrected chi connectivity index (χ2v) is 9.21. The first-order valence-corrected chi connectivity index (χ1v) is 10.5. The third kappa shape index (κ3) is 2.68. The Kier molecular flexibility index (Phi) is 3.61. The maximum Gasteiger partial charge on any atom is 0.231 e. The molecule has 0 unspecified atom stereocenters. The molecule has 0 atom stereocenters. The Labute approximate surface area is 179 Å². The van der Waals surface area contributed by atoms with Crippen molar-refractivity contribution < 1.29 is 8.83 Å². The van der Waals surface area contributed by atoms with Crippen molar-refractivity contribution in [2.24, 2.45) is 0 Å². The largest absolute Gasteiger partial charge is 0.461 e. The second-order valence-electron chi connectivity index (χ2n) is 9.21. The Morgan fingerprint density at radius 3 is 2.48 bits per heavy atom. The van der Waals surface area contributed by atoms with Gasteiger partial charge in [-0.1, -0.05) is 45.0 Å². The molecule has 0 bridgehead atoms. The van der Waals surface area contributed by atoms with Crippen LogP contribution in [0.1, 0.15) is 32.1 Å². The fourth-order valence-electron chi connectivity index (χ4n) is 4.59. The van der Waals surface area contributed by atoms with E-state index in [1.807, 2.05) is 25.1 Å². The van der Waals surface area contributed by atoms with E-state index in [0.29, 0.717) is 5.71 Å². The first kappa shape index (κ1) is 18.1. The monoisotopic (exact) mass is 406 g/mol. The fourth-order valence-corrected chi connectivity index (χ4v) is 4.59. The molecule has 0 spiro atoms. The number of rotatable bonds is 1. The summed E-state index contributed by atoms with van der Waals surface area (Å²) in [5.41, 5.74) is 5.47. The maximum absolute atomic E-state index is 6.22. The number of furan rings is 2. The minimum Gasteiger partial charge on any atom is -0.461 e. The molecule has 4 heteroatoms. The number of fused-ring (bicyclic) bond motifs is 6. The van der Waals surface area contributed by atoms with E-state index in [0.717, 1.165) is 44.3 Å². The molecule has 6 aromatic rings. The maximum atomic E-state index is 6.22. The summed E-state index contributed by atoms with van der Waals surface area (Å²) in [6, 6.07) is 19.1. The molecule has 3 aromatic heterocycles. The minimum absolute atomic E-state index is 0.000701. The summed E-state index contributed by atoms with van der Waals surface area (Å²) in [5, 5.41) is 5.39. The minimum atomic E-state index is 0.000701. The molecule has 6 rings (SSSR count). The van der Waals surface area contributed by atoms with Crippen LogP contribution in [-0.4, -0.2) is 9.97 Å². The molecule has 4 nitrogen and oxygen atoms in total. The molecule has 0 radical (unpaired) electrons. The first-order chi connectivity index (χ1) is 14.9. The average molecular weight is 406 g/mol. The highest BCUT2D eigenvalue weighted by Gasteiger charge is 2.22. The Hall–Kier alpha value is -3.66. The highest BCUT2D eigenvalue weighted by molar-refractivity contribution is 6.17. The molecule has 152 valence electrons. The van der Waals surface area contributed by atoms with Crippen LogP contribution in [0.4, 0.5) is 0 Å². The molecule has 0 amide bonds. The lowest BCUT2D eigenvalue weighted by Crippen LogP contribution is -2.12. The van der Waals surface area contributed by atoms with Crippen LogP contribution in [-0.2, 0) is 5.41 Å². The molecular formula is C27H22N2O2. The number of nitrogens with zero attached hydrogens (tertiary/aromatic N) is 2. The van der Waals surface area contributed by atoms with Crippen LogP contribution in [0.25, 0.3) is 55.1 Å². The molecule has 0 aliphatic heterocycles. The van der Waals surface area contributed by atoms with Gasteiger partial charge in [-0.15, -0.1) is 0 Å². The van der Waals surface area contributed by atoms with Crippen molar-refractivity contribution in [3.63, 3.8) is 0 Å². The van der Waals surface area contributed by atoms with Gasteiger partial charge < -0.3 is 8.83 Å². The SMILES string of the molecule is Cc1cc2c(ccc3c2oc2ncnc(-c4cc(C(C)(C)C)c5ccccc5c4)c23)o1. The predicted octanol–water partition coefficient (Wildman–Crippen LogP) is 7.55. The summed E-state index contributed by atoms with van der Waals surface area (Å²) in [5.74, 6) is 0.860. The van der Waals surface area contributed by atoms with Crippen LogP contribution in [0.2, 0.25) is 0 Å². The molecule has 3 aromatic carbocycles. The Bertz CT molecular complexity index is 1630. The van der Waals surface area contributed by atoms with E-state index in [4.69, 9.17) is 13.8 Å². The van der Waals surface area contributed by atoms with Gasteiger partial charge in [-0.05, 0) is 59.0 Å². The van der Waals surface area contributed by atoms with E-state index in [9.17, 15) is 0 Å². The smallest absolute Gasteiger partial charge is 0.231 e. The normalized spacial score (nSPS) is 12.5.